The summed E-state index contributed by atoms with van der Waals surface area (Å²) in [5, 5.41) is 3.37. The second-order valence-electron chi connectivity index (χ2n) is 8.22. The Morgan fingerprint density at radius 3 is 2.21 bits per heavy atom. The van der Waals surface area contributed by atoms with E-state index in [1.165, 1.54) is 17.0 Å². The van der Waals surface area contributed by atoms with E-state index in [9.17, 15) is 14.0 Å². The molecule has 162 valence electrons. The molecule has 33 heavy (non-hydrogen) atoms. The van der Waals surface area contributed by atoms with Gasteiger partial charge >= 0.3 is 0 Å². The molecule has 0 N–H and O–H groups in total. The Morgan fingerprint density at radius 2 is 1.42 bits per heavy atom. The van der Waals surface area contributed by atoms with Gasteiger partial charge in [-0.1, -0.05) is 66.7 Å². The van der Waals surface area contributed by atoms with Crippen LogP contribution in [0, 0.1) is 11.7 Å². The van der Waals surface area contributed by atoms with Crippen LogP contribution in [0.25, 0.3) is 10.8 Å². The second kappa shape index (κ2) is 7.53. The normalized spacial score (nSPS) is 22.3. The topological polar surface area (TPSA) is 49.9 Å². The summed E-state index contributed by atoms with van der Waals surface area (Å²) in [5.41, 5.74) is 1.97. The number of hydrogen-bond donors (Lipinski definition) is 0. The standard InChI is InChI=1S/C27H19FN2O3/c28-19-15-13-18(14-16-19)24-23-25(33-30(24)20-9-2-1-3-10-20)27(32)29(26(23)31)22-12-6-8-17-7-4-5-11-21(17)22/h1-16,23-25H/t23-,24-,25+/m0/s1. The van der Waals surface area contributed by atoms with Gasteiger partial charge in [-0.25, -0.2) is 14.4 Å². The second-order valence-corrected chi connectivity index (χ2v) is 8.22. The van der Waals surface area contributed by atoms with Crippen molar-refractivity contribution in [3.05, 3.63) is 108 Å². The van der Waals surface area contributed by atoms with E-state index < -0.39 is 24.0 Å². The van der Waals surface area contributed by atoms with Gasteiger partial charge in [0.25, 0.3) is 5.91 Å². The number of amides is 2. The summed E-state index contributed by atoms with van der Waals surface area (Å²) in [5.74, 6) is -1.85. The molecule has 4 aromatic rings. The Balaban J connectivity index is 1.46. The first-order valence-electron chi connectivity index (χ1n) is 10.8. The van der Waals surface area contributed by atoms with E-state index in [4.69, 9.17) is 4.84 Å². The minimum absolute atomic E-state index is 0.325. The predicted molar refractivity (Wildman–Crippen MR) is 123 cm³/mol. The maximum absolute atomic E-state index is 13.8. The molecular weight excluding hydrogens is 419 g/mol. The lowest BCUT2D eigenvalue weighted by Crippen LogP contribution is -2.37. The fraction of sp³-hybridized carbons (Fsp3) is 0.111. The number of hydrogen-bond acceptors (Lipinski definition) is 4. The van der Waals surface area contributed by atoms with Crippen molar-refractivity contribution < 1.29 is 18.8 Å². The molecule has 6 rings (SSSR count). The summed E-state index contributed by atoms with van der Waals surface area (Å²) < 4.78 is 13.7. The number of anilines is 2. The molecule has 0 saturated carbocycles. The SMILES string of the molecule is O=C1[C@@H]2[C@@H](ON(c3ccccc3)[C@H]2c2ccc(F)cc2)C(=O)N1c1cccc2ccccc12. The van der Waals surface area contributed by atoms with Gasteiger partial charge in [-0.15, -0.1) is 0 Å². The quantitative estimate of drug-likeness (QED) is 0.421. The van der Waals surface area contributed by atoms with E-state index in [1.807, 2.05) is 66.7 Å². The summed E-state index contributed by atoms with van der Waals surface area (Å²) in [4.78, 5) is 34.7. The third kappa shape index (κ3) is 3.02. The molecule has 3 atom stereocenters. The van der Waals surface area contributed by atoms with Crippen molar-refractivity contribution in [2.45, 2.75) is 12.1 Å². The van der Waals surface area contributed by atoms with Gasteiger partial charge in [0.15, 0.2) is 6.10 Å². The van der Waals surface area contributed by atoms with Crippen molar-refractivity contribution in [2.75, 3.05) is 9.96 Å². The van der Waals surface area contributed by atoms with E-state index in [1.54, 1.807) is 23.3 Å². The first kappa shape index (κ1) is 19.6. The van der Waals surface area contributed by atoms with Crippen LogP contribution in [0.1, 0.15) is 11.6 Å². The van der Waals surface area contributed by atoms with Crippen LogP contribution in [0.15, 0.2) is 97.1 Å². The van der Waals surface area contributed by atoms with Gasteiger partial charge in [0.2, 0.25) is 5.91 Å². The summed E-state index contributed by atoms with van der Waals surface area (Å²) in [6.45, 7) is 0. The van der Waals surface area contributed by atoms with Crippen LogP contribution in [-0.2, 0) is 14.4 Å². The molecule has 2 aliphatic rings. The molecule has 0 bridgehead atoms. The molecular formula is C27H19FN2O3. The molecule has 2 aliphatic heterocycles. The van der Waals surface area contributed by atoms with Gasteiger partial charge < -0.3 is 0 Å². The van der Waals surface area contributed by atoms with Crippen LogP contribution in [0.3, 0.4) is 0 Å². The van der Waals surface area contributed by atoms with Gasteiger partial charge in [0, 0.05) is 5.39 Å². The van der Waals surface area contributed by atoms with Gasteiger partial charge in [-0.05, 0) is 41.3 Å². The number of carbonyl (C=O) groups excluding carboxylic acids is 2. The Morgan fingerprint density at radius 1 is 0.727 bits per heavy atom. The largest absolute Gasteiger partial charge is 0.273 e. The fourth-order valence-electron chi connectivity index (χ4n) is 4.85. The lowest BCUT2D eigenvalue weighted by Gasteiger charge is -2.29. The molecule has 6 heteroatoms. The van der Waals surface area contributed by atoms with Gasteiger partial charge in [-0.2, -0.15) is 0 Å². The zero-order valence-electron chi connectivity index (χ0n) is 17.5. The molecule has 2 amide bonds. The molecule has 0 aliphatic carbocycles. The summed E-state index contributed by atoms with van der Waals surface area (Å²) in [6.07, 6.45) is -0.966. The molecule has 2 heterocycles. The number of halogens is 1. The summed E-state index contributed by atoms with van der Waals surface area (Å²) in [6, 6.07) is 27.9. The number of para-hydroxylation sites is 1. The Labute approximate surface area is 189 Å². The molecule has 0 radical (unpaired) electrons. The maximum atomic E-state index is 13.8. The Hall–Kier alpha value is -4.03. The van der Waals surface area contributed by atoms with Crippen molar-refractivity contribution in [1.82, 2.24) is 0 Å². The van der Waals surface area contributed by atoms with Crippen molar-refractivity contribution in [3.63, 3.8) is 0 Å². The number of benzene rings is 4. The summed E-state index contributed by atoms with van der Waals surface area (Å²) in [7, 11) is 0. The van der Waals surface area contributed by atoms with E-state index in [0.717, 1.165) is 16.5 Å². The van der Waals surface area contributed by atoms with Gasteiger partial charge in [0.1, 0.15) is 11.7 Å². The molecule has 0 unspecified atom stereocenters. The number of hydroxylamine groups is 1. The van der Waals surface area contributed by atoms with Crippen LogP contribution in [-0.4, -0.2) is 17.9 Å². The van der Waals surface area contributed by atoms with Crippen molar-refractivity contribution in [2.24, 2.45) is 5.92 Å². The highest BCUT2D eigenvalue weighted by atomic mass is 19.1. The molecule has 4 aromatic carbocycles. The number of carbonyl (C=O) groups is 2. The van der Waals surface area contributed by atoms with Crippen molar-refractivity contribution in [1.29, 1.82) is 0 Å². The number of rotatable bonds is 3. The first-order valence-corrected chi connectivity index (χ1v) is 10.8. The minimum atomic E-state index is -0.966. The van der Waals surface area contributed by atoms with Crippen LogP contribution in [0.2, 0.25) is 0 Å². The monoisotopic (exact) mass is 438 g/mol. The molecule has 0 spiro atoms. The number of nitrogens with zero attached hydrogens (tertiary/aromatic N) is 2. The van der Waals surface area contributed by atoms with E-state index >= 15 is 0 Å². The van der Waals surface area contributed by atoms with Gasteiger partial charge in [-0.3, -0.25) is 14.4 Å². The average molecular weight is 438 g/mol. The van der Waals surface area contributed by atoms with Crippen LogP contribution in [0.4, 0.5) is 15.8 Å². The summed E-state index contributed by atoms with van der Waals surface area (Å²) >= 11 is 0. The van der Waals surface area contributed by atoms with Crippen LogP contribution in [0.5, 0.6) is 0 Å². The third-order valence-electron chi connectivity index (χ3n) is 6.35. The minimum Gasteiger partial charge on any atom is -0.273 e. The number of imide groups is 1. The average Bonchev–Trinajstić information content (AvgIpc) is 3.36. The maximum Gasteiger partial charge on any atom is 0.266 e. The lowest BCUT2D eigenvalue weighted by atomic mass is 9.90. The highest BCUT2D eigenvalue weighted by Crippen LogP contribution is 2.48. The van der Waals surface area contributed by atoms with E-state index in [-0.39, 0.29) is 11.7 Å². The third-order valence-corrected chi connectivity index (χ3v) is 6.35. The van der Waals surface area contributed by atoms with Crippen molar-refractivity contribution >= 4 is 34.0 Å². The van der Waals surface area contributed by atoms with Crippen LogP contribution < -0.4 is 9.96 Å². The molecule has 2 fully saturated rings. The Bertz CT molecular complexity index is 1370. The molecule has 5 nitrogen and oxygen atoms in total. The zero-order valence-corrected chi connectivity index (χ0v) is 17.5. The predicted octanol–water partition coefficient (Wildman–Crippen LogP) is 5.03. The van der Waals surface area contributed by atoms with E-state index in [2.05, 4.69) is 0 Å². The first-order chi connectivity index (χ1) is 16.1. The molecule has 2 saturated heterocycles. The highest BCUT2D eigenvalue weighted by Gasteiger charge is 2.60. The number of fused-ring (bicyclic) bond motifs is 2. The smallest absolute Gasteiger partial charge is 0.266 e. The van der Waals surface area contributed by atoms with E-state index in [0.29, 0.717) is 11.3 Å². The highest BCUT2D eigenvalue weighted by molar-refractivity contribution is 6.26. The lowest BCUT2D eigenvalue weighted by molar-refractivity contribution is -0.126. The zero-order chi connectivity index (χ0) is 22.5. The Kier molecular flexibility index (Phi) is 4.48. The van der Waals surface area contributed by atoms with Crippen LogP contribution >= 0.6 is 0 Å². The van der Waals surface area contributed by atoms with Crippen molar-refractivity contribution in [3.8, 4) is 0 Å². The molecule has 0 aromatic heterocycles. The van der Waals surface area contributed by atoms with Gasteiger partial charge in [0.05, 0.1) is 17.4 Å². The fourth-order valence-corrected chi connectivity index (χ4v) is 4.85.